The van der Waals surface area contributed by atoms with Crippen molar-refractivity contribution in [2.75, 3.05) is 0 Å². The summed E-state index contributed by atoms with van der Waals surface area (Å²) in [5, 5.41) is 12.8. The van der Waals surface area contributed by atoms with Gasteiger partial charge < -0.3 is 15.4 Å². The number of imidazole rings is 1. The minimum atomic E-state index is -0.293. The Balaban J connectivity index is 1.62. The van der Waals surface area contributed by atoms with Crippen LogP contribution in [0, 0.1) is 5.92 Å². The quantitative estimate of drug-likeness (QED) is 0.661. The number of aliphatic hydroxyl groups is 1. The first-order valence-corrected chi connectivity index (χ1v) is 8.71. The first kappa shape index (κ1) is 16.5. The predicted octanol–water partition coefficient (Wildman–Crippen LogP) is 2.71. The van der Waals surface area contributed by atoms with Crippen molar-refractivity contribution in [3.8, 4) is 11.4 Å². The molecule has 0 bridgehead atoms. The number of carbonyl (C=O) groups excluding carboxylic acids is 1. The van der Waals surface area contributed by atoms with Crippen LogP contribution in [0.1, 0.15) is 34.9 Å². The summed E-state index contributed by atoms with van der Waals surface area (Å²) in [4.78, 5) is 24.7. The summed E-state index contributed by atoms with van der Waals surface area (Å²) in [6.45, 7) is 0. The van der Waals surface area contributed by atoms with Gasteiger partial charge in [-0.1, -0.05) is 24.3 Å². The Morgan fingerprint density at radius 3 is 2.62 bits per heavy atom. The lowest BCUT2D eigenvalue weighted by Gasteiger charge is -2.37. The first-order valence-electron chi connectivity index (χ1n) is 8.71. The maximum Gasteiger partial charge on any atom is 0.252 e. The van der Waals surface area contributed by atoms with Crippen molar-refractivity contribution in [1.29, 1.82) is 0 Å². The van der Waals surface area contributed by atoms with Crippen LogP contribution < -0.4 is 5.32 Å². The highest BCUT2D eigenvalue weighted by atomic mass is 16.3. The van der Waals surface area contributed by atoms with E-state index in [1.807, 2.05) is 36.4 Å². The van der Waals surface area contributed by atoms with Crippen molar-refractivity contribution >= 4 is 5.91 Å². The number of pyridine rings is 1. The van der Waals surface area contributed by atoms with E-state index in [4.69, 9.17) is 0 Å². The number of amides is 1. The summed E-state index contributed by atoms with van der Waals surface area (Å²) in [5.74, 6) is 0.665. The average molecular weight is 348 g/mol. The first-order chi connectivity index (χ1) is 12.7. The van der Waals surface area contributed by atoms with Gasteiger partial charge in [0.2, 0.25) is 0 Å². The monoisotopic (exact) mass is 348 g/mol. The molecule has 2 heterocycles. The third kappa shape index (κ3) is 3.23. The van der Waals surface area contributed by atoms with Gasteiger partial charge >= 0.3 is 0 Å². The Morgan fingerprint density at radius 1 is 1.12 bits per heavy atom. The Bertz CT molecular complexity index is 874. The lowest BCUT2D eigenvalue weighted by atomic mass is 9.76. The highest BCUT2D eigenvalue weighted by Crippen LogP contribution is 2.37. The second kappa shape index (κ2) is 7.09. The van der Waals surface area contributed by atoms with Crippen molar-refractivity contribution in [2.24, 2.45) is 5.92 Å². The van der Waals surface area contributed by atoms with Crippen LogP contribution >= 0.6 is 0 Å². The summed E-state index contributed by atoms with van der Waals surface area (Å²) >= 11 is 0. The van der Waals surface area contributed by atoms with Crippen LogP contribution in [0.25, 0.3) is 11.4 Å². The molecule has 0 aliphatic heterocycles. The molecule has 1 saturated carbocycles. The van der Waals surface area contributed by atoms with Crippen LogP contribution in [-0.4, -0.2) is 32.1 Å². The van der Waals surface area contributed by atoms with Gasteiger partial charge in [-0.2, -0.15) is 0 Å². The van der Waals surface area contributed by atoms with E-state index in [0.29, 0.717) is 24.2 Å². The van der Waals surface area contributed by atoms with Gasteiger partial charge in [0.15, 0.2) is 0 Å². The number of aromatic amines is 1. The Labute approximate surface area is 151 Å². The van der Waals surface area contributed by atoms with Gasteiger partial charge in [-0.25, -0.2) is 4.98 Å². The number of H-pyrrole nitrogens is 1. The van der Waals surface area contributed by atoms with Crippen molar-refractivity contribution in [3.63, 3.8) is 0 Å². The molecule has 1 aliphatic carbocycles. The van der Waals surface area contributed by atoms with E-state index in [0.717, 1.165) is 11.3 Å². The van der Waals surface area contributed by atoms with E-state index < -0.39 is 0 Å². The zero-order chi connectivity index (χ0) is 17.9. The minimum Gasteiger partial charge on any atom is -0.393 e. The Morgan fingerprint density at radius 2 is 1.92 bits per heavy atom. The number of rotatable bonds is 5. The van der Waals surface area contributed by atoms with Gasteiger partial charge in [-0.15, -0.1) is 0 Å². The number of hydrogen-bond acceptors (Lipinski definition) is 4. The summed E-state index contributed by atoms with van der Waals surface area (Å²) in [6, 6.07) is 12.8. The molecule has 3 N–H and O–H groups in total. The molecule has 1 unspecified atom stereocenters. The molecule has 6 nitrogen and oxygen atoms in total. The van der Waals surface area contributed by atoms with Crippen LogP contribution in [0.2, 0.25) is 0 Å². The zero-order valence-electron chi connectivity index (χ0n) is 14.2. The standard InChI is InChI=1S/C20H20N4O2/c25-14-11-13(12-14)18(17-7-3-4-8-21-17)24-20(26)16-6-2-1-5-15(16)19-22-9-10-23-19/h1-10,13-14,18,25H,11-12H2,(H,22,23)(H,24,26). The van der Waals surface area contributed by atoms with Crippen LogP contribution in [0.4, 0.5) is 0 Å². The van der Waals surface area contributed by atoms with Gasteiger partial charge in [0.05, 0.1) is 23.4 Å². The largest absolute Gasteiger partial charge is 0.393 e. The van der Waals surface area contributed by atoms with Crippen molar-refractivity contribution in [3.05, 3.63) is 72.3 Å². The molecule has 6 heteroatoms. The van der Waals surface area contributed by atoms with E-state index in [-0.39, 0.29) is 24.0 Å². The summed E-state index contributed by atoms with van der Waals surface area (Å²) < 4.78 is 0. The van der Waals surface area contributed by atoms with Gasteiger partial charge in [0.25, 0.3) is 5.91 Å². The molecule has 132 valence electrons. The molecule has 0 spiro atoms. The van der Waals surface area contributed by atoms with E-state index in [1.165, 1.54) is 0 Å². The maximum atomic E-state index is 13.0. The maximum absolute atomic E-state index is 13.0. The summed E-state index contributed by atoms with van der Waals surface area (Å²) in [6.07, 6.45) is 6.16. The predicted molar refractivity (Wildman–Crippen MR) is 97.2 cm³/mol. The fraction of sp³-hybridized carbons (Fsp3) is 0.250. The molecule has 1 amide bonds. The molecule has 26 heavy (non-hydrogen) atoms. The SMILES string of the molecule is O=C(NC(c1ccccn1)C1CC(O)C1)c1ccccc1-c1ncc[nH]1. The molecular formula is C20H20N4O2. The summed E-state index contributed by atoms with van der Waals surface area (Å²) in [5.41, 5.74) is 2.12. The number of aromatic nitrogens is 3. The van der Waals surface area contributed by atoms with Crippen LogP contribution in [-0.2, 0) is 0 Å². The molecule has 0 saturated heterocycles. The number of nitrogens with one attached hydrogen (secondary N) is 2. The molecule has 4 rings (SSSR count). The number of benzene rings is 1. The van der Waals surface area contributed by atoms with Crippen molar-refractivity contribution < 1.29 is 9.90 Å². The molecule has 1 atom stereocenters. The number of carbonyl (C=O) groups is 1. The second-order valence-corrected chi connectivity index (χ2v) is 6.57. The van der Waals surface area contributed by atoms with Gasteiger partial charge in [0.1, 0.15) is 5.82 Å². The molecule has 0 radical (unpaired) electrons. The second-order valence-electron chi connectivity index (χ2n) is 6.57. The lowest BCUT2D eigenvalue weighted by Crippen LogP contribution is -2.41. The van der Waals surface area contributed by atoms with Crippen LogP contribution in [0.5, 0.6) is 0 Å². The third-order valence-corrected chi connectivity index (χ3v) is 4.84. The van der Waals surface area contributed by atoms with Gasteiger partial charge in [-0.05, 0) is 37.0 Å². The van der Waals surface area contributed by atoms with Crippen molar-refractivity contribution in [2.45, 2.75) is 25.0 Å². The van der Waals surface area contributed by atoms with E-state index in [1.54, 1.807) is 24.7 Å². The molecule has 1 fully saturated rings. The minimum absolute atomic E-state index is 0.172. The fourth-order valence-electron chi connectivity index (χ4n) is 3.41. The smallest absolute Gasteiger partial charge is 0.252 e. The number of aliphatic hydroxyl groups excluding tert-OH is 1. The number of hydrogen-bond donors (Lipinski definition) is 3. The Kier molecular flexibility index (Phi) is 4.50. The topological polar surface area (TPSA) is 90.9 Å². The molecular weight excluding hydrogens is 328 g/mol. The molecule has 1 aliphatic rings. The average Bonchev–Trinajstić information content (AvgIpc) is 3.19. The summed E-state index contributed by atoms with van der Waals surface area (Å²) in [7, 11) is 0. The lowest BCUT2D eigenvalue weighted by molar-refractivity contribution is 0.0228. The molecule has 3 aromatic rings. The van der Waals surface area contributed by atoms with Crippen molar-refractivity contribution in [1.82, 2.24) is 20.3 Å². The van der Waals surface area contributed by atoms with Crippen LogP contribution in [0.15, 0.2) is 61.1 Å². The zero-order valence-corrected chi connectivity index (χ0v) is 14.2. The van der Waals surface area contributed by atoms with E-state index in [2.05, 4.69) is 20.3 Å². The highest BCUT2D eigenvalue weighted by Gasteiger charge is 2.36. The molecule has 1 aromatic carbocycles. The number of nitrogens with zero attached hydrogens (tertiary/aromatic N) is 2. The Hall–Kier alpha value is -2.99. The van der Waals surface area contributed by atoms with Gasteiger partial charge in [-0.3, -0.25) is 9.78 Å². The van der Waals surface area contributed by atoms with E-state index >= 15 is 0 Å². The fourth-order valence-corrected chi connectivity index (χ4v) is 3.41. The van der Waals surface area contributed by atoms with E-state index in [9.17, 15) is 9.90 Å². The van der Waals surface area contributed by atoms with Crippen LogP contribution in [0.3, 0.4) is 0 Å². The third-order valence-electron chi connectivity index (χ3n) is 4.84. The molecule has 2 aromatic heterocycles. The van der Waals surface area contributed by atoms with Gasteiger partial charge in [0, 0.05) is 24.2 Å². The normalized spacial score (nSPS) is 20.2. The highest BCUT2D eigenvalue weighted by molar-refractivity contribution is 6.00.